The second-order valence-electron chi connectivity index (χ2n) is 3.84. The van der Waals surface area contributed by atoms with E-state index in [-0.39, 0.29) is 0 Å². The first-order valence-electron chi connectivity index (χ1n) is 5.45. The fourth-order valence-electron chi connectivity index (χ4n) is 2.06. The minimum absolute atomic E-state index is 0.592. The van der Waals surface area contributed by atoms with Gasteiger partial charge in [0.25, 0.3) is 0 Å². The molecule has 0 saturated heterocycles. The summed E-state index contributed by atoms with van der Waals surface area (Å²) in [5, 5.41) is 7.63. The highest BCUT2D eigenvalue weighted by Crippen LogP contribution is 2.35. The number of methoxy groups -OCH3 is 1. The van der Waals surface area contributed by atoms with Gasteiger partial charge in [-0.15, -0.1) is 0 Å². The quantitative estimate of drug-likeness (QED) is 0.772. The van der Waals surface area contributed by atoms with Gasteiger partial charge in [0.1, 0.15) is 0 Å². The van der Waals surface area contributed by atoms with Crippen LogP contribution < -0.4 is 10.5 Å². The van der Waals surface area contributed by atoms with Gasteiger partial charge < -0.3 is 10.5 Å². The molecule has 17 heavy (non-hydrogen) atoms. The number of hydrogen-bond acceptors (Lipinski definition) is 4. The third kappa shape index (κ3) is 1.59. The van der Waals surface area contributed by atoms with Crippen LogP contribution in [-0.2, 0) is 6.54 Å². The second-order valence-corrected chi connectivity index (χ2v) is 4.89. The lowest BCUT2D eigenvalue weighted by molar-refractivity contribution is 0.427. The van der Waals surface area contributed by atoms with Gasteiger partial charge in [0.05, 0.1) is 25.4 Å². The first kappa shape index (κ1) is 10.6. The smallest absolute Gasteiger partial charge is 0.174 e. The molecule has 4 nitrogen and oxygen atoms in total. The highest BCUT2D eigenvalue weighted by atomic mass is 32.1. The Morgan fingerprint density at radius 2 is 2.35 bits per heavy atom. The van der Waals surface area contributed by atoms with Gasteiger partial charge in [-0.3, -0.25) is 4.68 Å². The van der Waals surface area contributed by atoms with E-state index >= 15 is 0 Å². The molecule has 88 valence electrons. The molecule has 0 amide bonds. The zero-order valence-corrected chi connectivity index (χ0v) is 10.3. The predicted molar refractivity (Wildman–Crippen MR) is 70.7 cm³/mol. The van der Waals surface area contributed by atoms with Crippen LogP contribution in [0.2, 0.25) is 0 Å². The van der Waals surface area contributed by atoms with E-state index < -0.39 is 0 Å². The van der Waals surface area contributed by atoms with E-state index in [1.807, 2.05) is 10.9 Å². The lowest BCUT2D eigenvalue weighted by Gasteiger charge is -2.01. The van der Waals surface area contributed by atoms with Crippen LogP contribution in [0.3, 0.4) is 0 Å². The number of rotatable bonds is 3. The van der Waals surface area contributed by atoms with Gasteiger partial charge in [0.2, 0.25) is 0 Å². The Kier molecular flexibility index (Phi) is 2.49. The van der Waals surface area contributed by atoms with Crippen LogP contribution in [0.25, 0.3) is 21.0 Å². The van der Waals surface area contributed by atoms with Crippen molar-refractivity contribution in [1.29, 1.82) is 0 Å². The zero-order valence-electron chi connectivity index (χ0n) is 9.51. The Bertz CT molecular complexity index is 671. The molecule has 0 fully saturated rings. The number of nitrogens with zero attached hydrogens (tertiary/aromatic N) is 2. The minimum Gasteiger partial charge on any atom is -0.487 e. The number of hydrogen-bond donors (Lipinski definition) is 1. The molecule has 0 atom stereocenters. The van der Waals surface area contributed by atoms with Crippen molar-refractivity contribution in [3.63, 3.8) is 0 Å². The summed E-state index contributed by atoms with van der Waals surface area (Å²) in [4.78, 5) is 0. The number of thiophene rings is 1. The standard InChI is InChI=1S/C12H13N3OS/c1-16-11-6-9-10(17-11)3-2-8-7-14-15(5-4-13)12(8)9/h2-3,6-7H,4-5,13H2,1H3. The molecule has 0 aliphatic rings. The normalized spacial score (nSPS) is 11.4. The van der Waals surface area contributed by atoms with Crippen molar-refractivity contribution in [2.45, 2.75) is 6.54 Å². The van der Waals surface area contributed by atoms with E-state index in [1.165, 1.54) is 10.1 Å². The third-order valence-electron chi connectivity index (χ3n) is 2.82. The van der Waals surface area contributed by atoms with Gasteiger partial charge in [-0.25, -0.2) is 0 Å². The average Bonchev–Trinajstić information content (AvgIpc) is 2.92. The molecule has 0 radical (unpaired) electrons. The third-order valence-corrected chi connectivity index (χ3v) is 3.88. The molecule has 2 N–H and O–H groups in total. The Balaban J connectivity index is 2.34. The number of nitrogens with two attached hydrogens (primary N) is 1. The molecule has 0 aliphatic carbocycles. The molecule has 2 aromatic heterocycles. The first-order chi connectivity index (χ1) is 8.33. The van der Waals surface area contributed by atoms with E-state index in [0.29, 0.717) is 6.54 Å². The maximum Gasteiger partial charge on any atom is 0.174 e. The van der Waals surface area contributed by atoms with Crippen LogP contribution in [0, 0.1) is 0 Å². The van der Waals surface area contributed by atoms with Crippen molar-refractivity contribution in [3.05, 3.63) is 24.4 Å². The molecule has 0 unspecified atom stereocenters. The molecule has 0 bridgehead atoms. The van der Waals surface area contributed by atoms with Crippen molar-refractivity contribution in [2.75, 3.05) is 13.7 Å². The first-order valence-corrected chi connectivity index (χ1v) is 6.27. The SMILES string of the molecule is COc1cc2c(ccc3cnn(CCN)c32)s1. The maximum absolute atomic E-state index is 5.60. The van der Waals surface area contributed by atoms with Gasteiger partial charge in [-0.05, 0) is 12.1 Å². The van der Waals surface area contributed by atoms with Gasteiger partial charge in [-0.2, -0.15) is 5.10 Å². The molecule has 3 rings (SSSR count). The van der Waals surface area contributed by atoms with Gasteiger partial charge in [-0.1, -0.05) is 11.3 Å². The number of fused-ring (bicyclic) bond motifs is 3. The van der Waals surface area contributed by atoms with Gasteiger partial charge in [0.15, 0.2) is 5.06 Å². The highest BCUT2D eigenvalue weighted by Gasteiger charge is 2.10. The van der Waals surface area contributed by atoms with E-state index in [2.05, 4.69) is 23.3 Å². The van der Waals surface area contributed by atoms with E-state index in [0.717, 1.165) is 22.5 Å². The van der Waals surface area contributed by atoms with Crippen LogP contribution in [0.1, 0.15) is 0 Å². The van der Waals surface area contributed by atoms with Crippen LogP contribution in [0.4, 0.5) is 0 Å². The maximum atomic E-state index is 5.60. The van der Waals surface area contributed by atoms with Crippen molar-refractivity contribution >= 4 is 32.3 Å². The molecule has 3 aromatic rings. The van der Waals surface area contributed by atoms with E-state index in [9.17, 15) is 0 Å². The number of benzene rings is 1. The average molecular weight is 247 g/mol. The topological polar surface area (TPSA) is 53.1 Å². The summed E-state index contributed by atoms with van der Waals surface area (Å²) in [6, 6.07) is 6.27. The highest BCUT2D eigenvalue weighted by molar-refractivity contribution is 7.20. The van der Waals surface area contributed by atoms with Crippen LogP contribution in [-0.4, -0.2) is 23.4 Å². The predicted octanol–water partition coefficient (Wildman–Crippen LogP) is 2.22. The van der Waals surface area contributed by atoms with Gasteiger partial charge in [0, 0.05) is 28.1 Å². The molecule has 2 heterocycles. The number of aromatic nitrogens is 2. The monoisotopic (exact) mass is 247 g/mol. The fraction of sp³-hybridized carbons (Fsp3) is 0.250. The largest absolute Gasteiger partial charge is 0.487 e. The second kappa shape index (κ2) is 4.01. The fourth-order valence-corrected chi connectivity index (χ4v) is 2.94. The molecular weight excluding hydrogens is 234 g/mol. The molecule has 5 heteroatoms. The summed E-state index contributed by atoms with van der Waals surface area (Å²) in [5.74, 6) is 0. The zero-order chi connectivity index (χ0) is 11.8. The Morgan fingerprint density at radius 3 is 3.12 bits per heavy atom. The van der Waals surface area contributed by atoms with Crippen LogP contribution in [0.15, 0.2) is 24.4 Å². The number of ether oxygens (including phenoxy) is 1. The minimum atomic E-state index is 0.592. The summed E-state index contributed by atoms with van der Waals surface area (Å²) >= 11 is 1.65. The Hall–Kier alpha value is -1.59. The molecule has 0 spiro atoms. The summed E-state index contributed by atoms with van der Waals surface area (Å²) in [6.45, 7) is 1.33. The lowest BCUT2D eigenvalue weighted by Crippen LogP contribution is -2.10. The van der Waals surface area contributed by atoms with E-state index in [1.54, 1.807) is 18.4 Å². The van der Waals surface area contributed by atoms with E-state index in [4.69, 9.17) is 10.5 Å². The summed E-state index contributed by atoms with van der Waals surface area (Å²) in [6.07, 6.45) is 1.88. The molecule has 0 saturated carbocycles. The molecule has 1 aromatic carbocycles. The summed E-state index contributed by atoms with van der Waals surface area (Å²) < 4.78 is 8.47. The van der Waals surface area contributed by atoms with Crippen molar-refractivity contribution in [2.24, 2.45) is 5.73 Å². The summed E-state index contributed by atoms with van der Waals surface area (Å²) in [5.41, 5.74) is 6.75. The van der Waals surface area contributed by atoms with Gasteiger partial charge >= 0.3 is 0 Å². The summed E-state index contributed by atoms with van der Waals surface area (Å²) in [7, 11) is 1.69. The van der Waals surface area contributed by atoms with Crippen molar-refractivity contribution in [3.8, 4) is 5.06 Å². The van der Waals surface area contributed by atoms with Crippen molar-refractivity contribution in [1.82, 2.24) is 9.78 Å². The Morgan fingerprint density at radius 1 is 1.47 bits per heavy atom. The molecule has 0 aliphatic heterocycles. The Labute approximate surface area is 103 Å². The van der Waals surface area contributed by atoms with Crippen molar-refractivity contribution < 1.29 is 4.74 Å². The molecular formula is C12H13N3OS. The van der Waals surface area contributed by atoms with Crippen LogP contribution in [0.5, 0.6) is 5.06 Å². The lowest BCUT2D eigenvalue weighted by atomic mass is 10.2. The van der Waals surface area contributed by atoms with Crippen LogP contribution >= 0.6 is 11.3 Å².